The standard InChI is InChI=1S/C14H17N3O/c1-4-15-14-13(18-3)12(16-9-17-14)11-8-6-5-7-10(11)2/h5-9H,4H2,1-3H3,(H,15,16,17). The second-order valence-electron chi connectivity index (χ2n) is 3.95. The van der Waals surface area contributed by atoms with Gasteiger partial charge in [-0.2, -0.15) is 0 Å². The molecule has 18 heavy (non-hydrogen) atoms. The Morgan fingerprint density at radius 2 is 2.00 bits per heavy atom. The van der Waals surface area contributed by atoms with Crippen molar-refractivity contribution in [2.24, 2.45) is 0 Å². The SMILES string of the molecule is CCNc1ncnc(-c2ccccc2C)c1OC. The van der Waals surface area contributed by atoms with Crippen LogP contribution in [0.1, 0.15) is 12.5 Å². The van der Waals surface area contributed by atoms with Gasteiger partial charge in [0, 0.05) is 12.1 Å². The van der Waals surface area contributed by atoms with Gasteiger partial charge in [-0.3, -0.25) is 0 Å². The van der Waals surface area contributed by atoms with E-state index in [4.69, 9.17) is 4.74 Å². The van der Waals surface area contributed by atoms with E-state index in [1.165, 1.54) is 0 Å². The topological polar surface area (TPSA) is 47.0 Å². The summed E-state index contributed by atoms with van der Waals surface area (Å²) in [5.74, 6) is 1.42. The van der Waals surface area contributed by atoms with E-state index in [1.54, 1.807) is 13.4 Å². The number of hydrogen-bond acceptors (Lipinski definition) is 4. The van der Waals surface area contributed by atoms with Crippen molar-refractivity contribution in [3.8, 4) is 17.0 Å². The summed E-state index contributed by atoms with van der Waals surface area (Å²) < 4.78 is 5.45. The lowest BCUT2D eigenvalue weighted by Gasteiger charge is -2.13. The van der Waals surface area contributed by atoms with Crippen LogP contribution in [-0.2, 0) is 0 Å². The Morgan fingerprint density at radius 1 is 1.22 bits per heavy atom. The van der Waals surface area contributed by atoms with E-state index in [0.29, 0.717) is 5.75 Å². The zero-order chi connectivity index (χ0) is 13.0. The lowest BCUT2D eigenvalue weighted by molar-refractivity contribution is 0.414. The van der Waals surface area contributed by atoms with Gasteiger partial charge in [-0.15, -0.1) is 0 Å². The largest absolute Gasteiger partial charge is 0.491 e. The van der Waals surface area contributed by atoms with Crippen LogP contribution in [-0.4, -0.2) is 23.6 Å². The third-order valence-corrected chi connectivity index (χ3v) is 2.75. The first-order valence-corrected chi connectivity index (χ1v) is 5.96. The Balaban J connectivity index is 2.57. The molecule has 0 radical (unpaired) electrons. The molecule has 1 heterocycles. The highest BCUT2D eigenvalue weighted by Crippen LogP contribution is 2.34. The van der Waals surface area contributed by atoms with Crippen molar-refractivity contribution < 1.29 is 4.74 Å². The molecule has 2 rings (SSSR count). The maximum Gasteiger partial charge on any atom is 0.187 e. The predicted molar refractivity (Wildman–Crippen MR) is 72.9 cm³/mol. The number of aryl methyl sites for hydroxylation is 1. The second-order valence-corrected chi connectivity index (χ2v) is 3.95. The fraction of sp³-hybridized carbons (Fsp3) is 0.286. The van der Waals surface area contributed by atoms with Gasteiger partial charge in [0.05, 0.1) is 7.11 Å². The number of nitrogens with zero attached hydrogens (tertiary/aromatic N) is 2. The van der Waals surface area contributed by atoms with Crippen LogP contribution in [0.15, 0.2) is 30.6 Å². The molecule has 0 atom stereocenters. The minimum absolute atomic E-state index is 0.689. The third-order valence-electron chi connectivity index (χ3n) is 2.75. The Hall–Kier alpha value is -2.10. The lowest BCUT2D eigenvalue weighted by atomic mass is 10.1. The Bertz CT molecular complexity index is 540. The lowest BCUT2D eigenvalue weighted by Crippen LogP contribution is -2.04. The molecule has 1 N–H and O–H groups in total. The van der Waals surface area contributed by atoms with Gasteiger partial charge in [-0.25, -0.2) is 9.97 Å². The number of benzene rings is 1. The zero-order valence-corrected chi connectivity index (χ0v) is 10.9. The molecule has 0 aliphatic heterocycles. The van der Waals surface area contributed by atoms with Crippen LogP contribution < -0.4 is 10.1 Å². The smallest absolute Gasteiger partial charge is 0.187 e. The molecule has 0 unspecified atom stereocenters. The van der Waals surface area contributed by atoms with Crippen molar-refractivity contribution in [3.05, 3.63) is 36.2 Å². The molecule has 0 aliphatic carbocycles. The van der Waals surface area contributed by atoms with Crippen LogP contribution in [0.3, 0.4) is 0 Å². The maximum absolute atomic E-state index is 5.45. The van der Waals surface area contributed by atoms with Crippen molar-refractivity contribution in [2.45, 2.75) is 13.8 Å². The summed E-state index contributed by atoms with van der Waals surface area (Å²) >= 11 is 0. The molecule has 0 saturated heterocycles. The van der Waals surface area contributed by atoms with Crippen LogP contribution in [0.25, 0.3) is 11.3 Å². The van der Waals surface area contributed by atoms with E-state index in [2.05, 4.69) is 28.3 Å². The van der Waals surface area contributed by atoms with Gasteiger partial charge < -0.3 is 10.1 Å². The molecule has 0 amide bonds. The van der Waals surface area contributed by atoms with E-state index < -0.39 is 0 Å². The van der Waals surface area contributed by atoms with E-state index in [9.17, 15) is 0 Å². The first-order chi connectivity index (χ1) is 8.77. The molecule has 0 bridgehead atoms. The van der Waals surface area contributed by atoms with E-state index in [0.717, 1.165) is 29.2 Å². The predicted octanol–water partition coefficient (Wildman–Crippen LogP) is 2.89. The second kappa shape index (κ2) is 5.49. The third kappa shape index (κ3) is 2.27. The van der Waals surface area contributed by atoms with E-state index >= 15 is 0 Å². The van der Waals surface area contributed by atoms with Crippen LogP contribution in [0.4, 0.5) is 5.82 Å². The normalized spacial score (nSPS) is 10.2. The summed E-state index contributed by atoms with van der Waals surface area (Å²) in [6.45, 7) is 4.87. The molecule has 0 fully saturated rings. The number of aromatic nitrogens is 2. The number of ether oxygens (including phenoxy) is 1. The summed E-state index contributed by atoms with van der Waals surface area (Å²) in [6, 6.07) is 8.11. The first-order valence-electron chi connectivity index (χ1n) is 5.96. The van der Waals surface area contributed by atoms with Gasteiger partial charge in [-0.1, -0.05) is 24.3 Å². The average molecular weight is 243 g/mol. The molecule has 1 aromatic heterocycles. The number of hydrogen-bond donors (Lipinski definition) is 1. The number of rotatable bonds is 4. The first kappa shape index (κ1) is 12.4. The molecule has 1 aromatic carbocycles. The monoisotopic (exact) mass is 243 g/mol. The van der Waals surface area contributed by atoms with Crippen molar-refractivity contribution in [3.63, 3.8) is 0 Å². The maximum atomic E-state index is 5.45. The number of nitrogens with one attached hydrogen (secondary N) is 1. The van der Waals surface area contributed by atoms with Gasteiger partial charge in [0.2, 0.25) is 0 Å². The van der Waals surface area contributed by atoms with Crippen LogP contribution in [0.2, 0.25) is 0 Å². The minimum Gasteiger partial charge on any atom is -0.491 e. The van der Waals surface area contributed by atoms with Crippen molar-refractivity contribution >= 4 is 5.82 Å². The van der Waals surface area contributed by atoms with E-state index in [-0.39, 0.29) is 0 Å². The highest BCUT2D eigenvalue weighted by Gasteiger charge is 2.14. The molecule has 94 valence electrons. The summed E-state index contributed by atoms with van der Waals surface area (Å²) in [7, 11) is 1.64. The van der Waals surface area contributed by atoms with Gasteiger partial charge in [0.15, 0.2) is 11.6 Å². The molecular formula is C14H17N3O. The Kier molecular flexibility index (Phi) is 3.77. The van der Waals surface area contributed by atoms with E-state index in [1.807, 2.05) is 25.1 Å². The minimum atomic E-state index is 0.689. The number of anilines is 1. The molecule has 4 heteroatoms. The summed E-state index contributed by atoms with van der Waals surface area (Å²) in [5, 5.41) is 3.18. The Labute approximate surface area is 107 Å². The molecule has 2 aromatic rings. The summed E-state index contributed by atoms with van der Waals surface area (Å²) in [4.78, 5) is 8.56. The summed E-state index contributed by atoms with van der Waals surface area (Å²) in [6.07, 6.45) is 1.56. The van der Waals surface area contributed by atoms with Crippen molar-refractivity contribution in [2.75, 3.05) is 19.0 Å². The molecular weight excluding hydrogens is 226 g/mol. The van der Waals surface area contributed by atoms with Gasteiger partial charge in [0.25, 0.3) is 0 Å². The van der Waals surface area contributed by atoms with Crippen molar-refractivity contribution in [1.29, 1.82) is 0 Å². The average Bonchev–Trinajstić information content (AvgIpc) is 2.39. The van der Waals surface area contributed by atoms with Gasteiger partial charge >= 0.3 is 0 Å². The number of methoxy groups -OCH3 is 1. The molecule has 0 saturated carbocycles. The van der Waals surface area contributed by atoms with Crippen LogP contribution in [0.5, 0.6) is 5.75 Å². The molecule has 0 aliphatic rings. The van der Waals surface area contributed by atoms with Crippen LogP contribution in [0, 0.1) is 6.92 Å². The highest BCUT2D eigenvalue weighted by molar-refractivity contribution is 5.74. The quantitative estimate of drug-likeness (QED) is 0.897. The molecule has 0 spiro atoms. The van der Waals surface area contributed by atoms with Gasteiger partial charge in [0.1, 0.15) is 12.0 Å². The fourth-order valence-electron chi connectivity index (χ4n) is 1.89. The Morgan fingerprint density at radius 3 is 2.67 bits per heavy atom. The zero-order valence-electron chi connectivity index (χ0n) is 10.9. The van der Waals surface area contributed by atoms with Crippen molar-refractivity contribution in [1.82, 2.24) is 9.97 Å². The highest BCUT2D eigenvalue weighted by atomic mass is 16.5. The van der Waals surface area contributed by atoms with Crippen LogP contribution >= 0.6 is 0 Å². The van der Waals surface area contributed by atoms with Gasteiger partial charge in [-0.05, 0) is 19.4 Å². The molecule has 4 nitrogen and oxygen atoms in total. The fourth-order valence-corrected chi connectivity index (χ4v) is 1.89. The summed E-state index contributed by atoms with van der Waals surface area (Å²) in [5.41, 5.74) is 3.05.